The highest BCUT2D eigenvalue weighted by Gasteiger charge is 2.37. The third kappa shape index (κ3) is 4.41. The van der Waals surface area contributed by atoms with Crippen molar-refractivity contribution < 1.29 is 22.3 Å². The highest BCUT2D eigenvalue weighted by molar-refractivity contribution is 7.92. The summed E-state index contributed by atoms with van der Waals surface area (Å²) < 4.78 is 47.9. The molecule has 2 aliphatic heterocycles. The Morgan fingerprint density at radius 2 is 1.83 bits per heavy atom. The monoisotopic (exact) mass is 497 g/mol. The predicted molar refractivity (Wildman–Crippen MR) is 128 cm³/mol. The molecule has 35 heavy (non-hydrogen) atoms. The first kappa shape index (κ1) is 23.1. The van der Waals surface area contributed by atoms with Crippen LogP contribution >= 0.6 is 0 Å². The van der Waals surface area contributed by atoms with Gasteiger partial charge in [0.1, 0.15) is 17.3 Å². The van der Waals surface area contributed by atoms with Gasteiger partial charge in [0.25, 0.3) is 21.5 Å². The SMILES string of the molecule is COc1ccc(C(=O)N2CC3CC(C2)c2ccc(NS(=O)(=O)c4cccc(F)c4)c(=O)n2C3)cc1. The summed E-state index contributed by atoms with van der Waals surface area (Å²) in [6.45, 7) is 1.36. The molecule has 0 spiro atoms. The van der Waals surface area contributed by atoms with E-state index in [1.165, 1.54) is 18.2 Å². The van der Waals surface area contributed by atoms with E-state index in [0.717, 1.165) is 24.2 Å². The lowest BCUT2D eigenvalue weighted by atomic mass is 9.83. The number of methoxy groups -OCH3 is 1. The Labute approximate surface area is 202 Å². The number of hydrogen-bond donors (Lipinski definition) is 1. The number of benzene rings is 2. The summed E-state index contributed by atoms with van der Waals surface area (Å²) >= 11 is 0. The van der Waals surface area contributed by atoms with Crippen LogP contribution in [-0.4, -0.2) is 44.0 Å². The highest BCUT2D eigenvalue weighted by atomic mass is 32.2. The number of halogens is 1. The normalized spacial score (nSPS) is 19.1. The fourth-order valence-electron chi connectivity index (χ4n) is 4.94. The summed E-state index contributed by atoms with van der Waals surface area (Å²) in [5.41, 5.74) is 0.800. The first-order valence-electron chi connectivity index (χ1n) is 11.2. The number of aromatic nitrogens is 1. The molecule has 2 atom stereocenters. The van der Waals surface area contributed by atoms with Crippen molar-refractivity contribution in [2.24, 2.45) is 5.92 Å². The molecular weight excluding hydrogens is 473 g/mol. The largest absolute Gasteiger partial charge is 0.497 e. The zero-order valence-corrected chi connectivity index (χ0v) is 19.8. The van der Waals surface area contributed by atoms with Crippen LogP contribution in [0.5, 0.6) is 5.75 Å². The lowest BCUT2D eigenvalue weighted by Gasteiger charge is -2.43. The first-order chi connectivity index (χ1) is 16.7. The second-order valence-corrected chi connectivity index (χ2v) is 10.6. The second-order valence-electron chi connectivity index (χ2n) is 8.89. The third-order valence-corrected chi connectivity index (χ3v) is 7.94. The van der Waals surface area contributed by atoms with Crippen LogP contribution in [0.4, 0.5) is 10.1 Å². The van der Waals surface area contributed by atoms with Crippen LogP contribution in [0, 0.1) is 11.7 Å². The van der Waals surface area contributed by atoms with Crippen LogP contribution in [0.15, 0.2) is 70.4 Å². The van der Waals surface area contributed by atoms with Crippen LogP contribution in [-0.2, 0) is 16.6 Å². The second kappa shape index (κ2) is 8.84. The van der Waals surface area contributed by atoms with E-state index in [4.69, 9.17) is 4.74 Å². The van der Waals surface area contributed by atoms with Crippen molar-refractivity contribution in [3.8, 4) is 5.75 Å². The molecule has 0 aliphatic carbocycles. The fourth-order valence-corrected chi connectivity index (χ4v) is 6.03. The average molecular weight is 498 g/mol. The van der Waals surface area contributed by atoms with Crippen molar-refractivity contribution in [3.63, 3.8) is 0 Å². The van der Waals surface area contributed by atoms with Crippen LogP contribution in [0.3, 0.4) is 0 Å². The van der Waals surface area contributed by atoms with Crippen molar-refractivity contribution in [2.75, 3.05) is 24.9 Å². The molecule has 2 aliphatic rings. The van der Waals surface area contributed by atoms with Crippen molar-refractivity contribution >= 4 is 21.6 Å². The molecule has 1 fully saturated rings. The molecule has 3 aromatic rings. The zero-order valence-electron chi connectivity index (χ0n) is 19.0. The standard InChI is InChI=1S/C25H24FN3O5S/c1-34-20-7-5-17(6-8-20)24(30)28-13-16-11-18(15-28)23-10-9-22(25(31)29(23)14-16)27-35(32,33)21-4-2-3-19(26)12-21/h2-10,12,16,18,27H,11,13-15H2,1H3. The molecule has 5 rings (SSSR count). The molecule has 182 valence electrons. The number of amides is 1. The molecular formula is C25H24FN3O5S. The number of hydrogen-bond acceptors (Lipinski definition) is 5. The lowest BCUT2D eigenvalue weighted by Crippen LogP contribution is -2.49. The molecule has 10 heteroatoms. The van der Waals surface area contributed by atoms with Gasteiger partial charge in [-0.15, -0.1) is 0 Å². The number of nitrogens with one attached hydrogen (secondary N) is 1. The summed E-state index contributed by atoms with van der Waals surface area (Å²) in [6.07, 6.45) is 0.847. The molecule has 1 amide bonds. The first-order valence-corrected chi connectivity index (χ1v) is 12.7. The van der Waals surface area contributed by atoms with Crippen LogP contribution in [0.1, 0.15) is 28.4 Å². The van der Waals surface area contributed by atoms with Gasteiger partial charge >= 0.3 is 0 Å². The Kier molecular flexibility index (Phi) is 5.84. The average Bonchev–Trinajstić information content (AvgIpc) is 2.85. The number of fused-ring (bicyclic) bond motifs is 4. The van der Waals surface area contributed by atoms with E-state index in [1.54, 1.807) is 42.0 Å². The maximum atomic E-state index is 13.5. The Morgan fingerprint density at radius 3 is 2.54 bits per heavy atom. The molecule has 3 heterocycles. The van der Waals surface area contributed by atoms with Crippen molar-refractivity contribution in [1.82, 2.24) is 9.47 Å². The van der Waals surface area contributed by atoms with Gasteiger partial charge in [-0.05, 0) is 66.9 Å². The smallest absolute Gasteiger partial charge is 0.275 e. The van der Waals surface area contributed by atoms with Gasteiger partial charge in [0.2, 0.25) is 0 Å². The van der Waals surface area contributed by atoms with Gasteiger partial charge < -0.3 is 14.2 Å². The molecule has 2 bridgehead atoms. The summed E-state index contributed by atoms with van der Waals surface area (Å²) in [5, 5.41) is 0. The number of ether oxygens (including phenoxy) is 1. The predicted octanol–water partition coefficient (Wildman–Crippen LogP) is 3.06. The van der Waals surface area contributed by atoms with E-state index in [2.05, 4.69) is 4.72 Å². The van der Waals surface area contributed by atoms with Crippen molar-refractivity contribution in [2.45, 2.75) is 23.8 Å². The number of anilines is 1. The summed E-state index contributed by atoms with van der Waals surface area (Å²) in [6, 6.07) is 14.7. The number of nitrogens with zero attached hydrogens (tertiary/aromatic N) is 2. The van der Waals surface area contributed by atoms with Crippen molar-refractivity contribution in [3.05, 3.63) is 88.1 Å². The Balaban J connectivity index is 1.38. The molecule has 0 radical (unpaired) electrons. The molecule has 1 N–H and O–H groups in total. The van der Waals surface area contributed by atoms with Gasteiger partial charge in [0, 0.05) is 36.8 Å². The van der Waals surface area contributed by atoms with Crippen LogP contribution in [0.25, 0.3) is 0 Å². The number of carbonyl (C=O) groups is 1. The molecule has 1 aromatic heterocycles. The number of sulfonamides is 1. The molecule has 2 unspecified atom stereocenters. The Hall–Kier alpha value is -3.66. The van der Waals surface area contributed by atoms with Gasteiger partial charge in [0.15, 0.2) is 0 Å². The zero-order chi connectivity index (χ0) is 24.7. The quantitative estimate of drug-likeness (QED) is 0.584. The third-order valence-electron chi connectivity index (χ3n) is 6.58. The Morgan fingerprint density at radius 1 is 1.06 bits per heavy atom. The van der Waals surface area contributed by atoms with E-state index in [9.17, 15) is 22.4 Å². The molecule has 0 saturated carbocycles. The van der Waals surface area contributed by atoms with Gasteiger partial charge in [-0.25, -0.2) is 12.8 Å². The van der Waals surface area contributed by atoms with E-state index in [0.29, 0.717) is 30.9 Å². The van der Waals surface area contributed by atoms with E-state index >= 15 is 0 Å². The van der Waals surface area contributed by atoms with Gasteiger partial charge in [-0.1, -0.05) is 6.07 Å². The number of rotatable bonds is 5. The van der Waals surface area contributed by atoms with Crippen LogP contribution in [0.2, 0.25) is 0 Å². The Bertz CT molecular complexity index is 1450. The summed E-state index contributed by atoms with van der Waals surface area (Å²) in [7, 11) is -2.56. The van der Waals surface area contributed by atoms with E-state index in [-0.39, 0.29) is 28.3 Å². The maximum absolute atomic E-state index is 13.5. The molecule has 1 saturated heterocycles. The number of piperidine rings is 1. The minimum absolute atomic E-state index is 0.0359. The molecule has 2 aromatic carbocycles. The summed E-state index contributed by atoms with van der Waals surface area (Å²) in [5.74, 6) is -0.0501. The topological polar surface area (TPSA) is 97.7 Å². The molecule has 8 nitrogen and oxygen atoms in total. The lowest BCUT2D eigenvalue weighted by molar-refractivity contribution is 0.0594. The number of pyridine rings is 1. The van der Waals surface area contributed by atoms with Gasteiger partial charge in [-0.2, -0.15) is 0 Å². The minimum Gasteiger partial charge on any atom is -0.497 e. The van der Waals surface area contributed by atoms with Crippen LogP contribution < -0.4 is 15.0 Å². The van der Waals surface area contributed by atoms with E-state index in [1.807, 2.05) is 4.90 Å². The van der Waals surface area contributed by atoms with Crippen molar-refractivity contribution in [1.29, 1.82) is 0 Å². The maximum Gasteiger partial charge on any atom is 0.275 e. The summed E-state index contributed by atoms with van der Waals surface area (Å²) in [4.78, 5) is 27.8. The fraction of sp³-hybridized carbons (Fsp3) is 0.280. The number of carbonyl (C=O) groups excluding carboxylic acids is 1. The minimum atomic E-state index is -4.12. The highest BCUT2D eigenvalue weighted by Crippen LogP contribution is 2.36. The van der Waals surface area contributed by atoms with Gasteiger partial charge in [-0.3, -0.25) is 14.3 Å². The van der Waals surface area contributed by atoms with E-state index < -0.39 is 21.4 Å². The number of likely N-dealkylation sites (tertiary alicyclic amines) is 1. The van der Waals surface area contributed by atoms with Gasteiger partial charge in [0.05, 0.1) is 12.0 Å².